The minimum Gasteiger partial charge on any atom is -0.382 e. The number of anilines is 1. The average Bonchev–Trinajstić information content (AvgIpc) is 3.17. The van der Waals surface area contributed by atoms with Crippen molar-refractivity contribution in [1.82, 2.24) is 9.78 Å². The smallest absolute Gasteiger partial charge is 0.283 e. The summed E-state index contributed by atoms with van der Waals surface area (Å²) < 4.78 is 2.16. The number of rotatable bonds is 6. The number of nitrogens with zero attached hydrogens (tertiary/aromatic N) is 2. The van der Waals surface area contributed by atoms with Gasteiger partial charge in [-0.1, -0.05) is 20.8 Å². The van der Waals surface area contributed by atoms with Crippen molar-refractivity contribution in [2.45, 2.75) is 40.2 Å². The molecular formula is C14H22BrN3O. The molecule has 0 amide bonds. The van der Waals surface area contributed by atoms with E-state index < -0.39 is 0 Å². The van der Waals surface area contributed by atoms with E-state index in [1.807, 2.05) is 0 Å². The quantitative estimate of drug-likeness (QED) is 0.873. The molecule has 1 aromatic rings. The third kappa shape index (κ3) is 3.81. The van der Waals surface area contributed by atoms with Crippen molar-refractivity contribution in [3.63, 3.8) is 0 Å². The molecule has 1 aromatic heterocycles. The Balaban J connectivity index is 2.05. The Labute approximate surface area is 122 Å². The second-order valence-electron chi connectivity index (χ2n) is 5.91. The largest absolute Gasteiger partial charge is 0.382 e. The van der Waals surface area contributed by atoms with E-state index in [1.165, 1.54) is 12.8 Å². The fraction of sp³-hybridized carbons (Fsp3) is 0.714. The van der Waals surface area contributed by atoms with E-state index in [4.69, 9.17) is 0 Å². The lowest BCUT2D eigenvalue weighted by molar-refractivity contribution is 0.439. The molecule has 4 nitrogen and oxygen atoms in total. The minimum atomic E-state index is -0.0332. The highest BCUT2D eigenvalue weighted by atomic mass is 79.9. The summed E-state index contributed by atoms with van der Waals surface area (Å²) in [6, 6.07) is 0. The molecule has 0 radical (unpaired) electrons. The van der Waals surface area contributed by atoms with Crippen molar-refractivity contribution < 1.29 is 0 Å². The molecule has 1 atom stereocenters. The predicted molar refractivity (Wildman–Crippen MR) is 81.4 cm³/mol. The van der Waals surface area contributed by atoms with Crippen molar-refractivity contribution in [2.75, 3.05) is 11.9 Å². The lowest BCUT2D eigenvalue weighted by atomic mass is 9.98. The lowest BCUT2D eigenvalue weighted by Crippen LogP contribution is -2.26. The van der Waals surface area contributed by atoms with E-state index >= 15 is 0 Å². The summed E-state index contributed by atoms with van der Waals surface area (Å²) >= 11 is 3.39. The molecule has 106 valence electrons. The van der Waals surface area contributed by atoms with Gasteiger partial charge in [-0.15, -0.1) is 0 Å². The average molecular weight is 328 g/mol. The fourth-order valence-corrected chi connectivity index (χ4v) is 2.22. The number of nitrogens with one attached hydrogen (secondary N) is 1. The Hall–Kier alpha value is -0.840. The first kappa shape index (κ1) is 14.6. The van der Waals surface area contributed by atoms with Crippen LogP contribution < -0.4 is 10.9 Å². The van der Waals surface area contributed by atoms with Crippen LogP contribution in [0.5, 0.6) is 0 Å². The molecule has 1 unspecified atom stereocenters. The summed E-state index contributed by atoms with van der Waals surface area (Å²) in [4.78, 5) is 12.1. The Morgan fingerprint density at radius 1 is 1.47 bits per heavy atom. The van der Waals surface area contributed by atoms with Gasteiger partial charge in [0.15, 0.2) is 0 Å². The van der Waals surface area contributed by atoms with Gasteiger partial charge in [0, 0.05) is 13.1 Å². The highest BCUT2D eigenvalue weighted by Crippen LogP contribution is 2.30. The zero-order valence-electron chi connectivity index (χ0n) is 11.8. The molecule has 1 heterocycles. The van der Waals surface area contributed by atoms with Gasteiger partial charge in [-0.2, -0.15) is 5.10 Å². The number of aromatic nitrogens is 2. The van der Waals surface area contributed by atoms with Crippen LogP contribution in [-0.4, -0.2) is 16.3 Å². The molecule has 1 saturated carbocycles. The van der Waals surface area contributed by atoms with Gasteiger partial charge in [0.2, 0.25) is 0 Å². The second-order valence-corrected chi connectivity index (χ2v) is 6.70. The monoisotopic (exact) mass is 327 g/mol. The van der Waals surface area contributed by atoms with Crippen LogP contribution in [0, 0.1) is 17.8 Å². The van der Waals surface area contributed by atoms with Crippen molar-refractivity contribution in [1.29, 1.82) is 0 Å². The molecule has 1 aliphatic carbocycles. The van der Waals surface area contributed by atoms with Gasteiger partial charge in [0.05, 0.1) is 11.9 Å². The van der Waals surface area contributed by atoms with E-state index in [0.29, 0.717) is 22.2 Å². The minimum absolute atomic E-state index is 0.0332. The van der Waals surface area contributed by atoms with Crippen molar-refractivity contribution in [3.8, 4) is 0 Å². The van der Waals surface area contributed by atoms with E-state index in [9.17, 15) is 4.79 Å². The normalized spacial score (nSPS) is 16.7. The zero-order valence-corrected chi connectivity index (χ0v) is 13.4. The molecular weight excluding hydrogens is 306 g/mol. The van der Waals surface area contributed by atoms with Crippen LogP contribution in [0.4, 0.5) is 5.69 Å². The maximum Gasteiger partial charge on any atom is 0.283 e. The first-order valence-corrected chi connectivity index (χ1v) is 7.77. The van der Waals surface area contributed by atoms with Crippen molar-refractivity contribution in [2.24, 2.45) is 17.8 Å². The summed E-state index contributed by atoms with van der Waals surface area (Å²) in [5, 5.41) is 7.56. The Morgan fingerprint density at radius 2 is 2.16 bits per heavy atom. The van der Waals surface area contributed by atoms with E-state index in [2.05, 4.69) is 47.1 Å². The van der Waals surface area contributed by atoms with Crippen LogP contribution in [0.3, 0.4) is 0 Å². The zero-order chi connectivity index (χ0) is 14.0. The van der Waals surface area contributed by atoms with Gasteiger partial charge in [-0.25, -0.2) is 4.68 Å². The van der Waals surface area contributed by atoms with Gasteiger partial charge >= 0.3 is 0 Å². The number of hydrogen-bond donors (Lipinski definition) is 1. The summed E-state index contributed by atoms with van der Waals surface area (Å²) in [7, 11) is 0. The van der Waals surface area contributed by atoms with E-state index in [0.717, 1.165) is 18.8 Å². The molecule has 1 N–H and O–H groups in total. The summed E-state index contributed by atoms with van der Waals surface area (Å²) in [6.45, 7) is 8.21. The van der Waals surface area contributed by atoms with Crippen molar-refractivity contribution >= 4 is 21.6 Å². The molecule has 19 heavy (non-hydrogen) atoms. The Morgan fingerprint density at radius 3 is 2.74 bits per heavy atom. The standard InChI is InChI=1S/C14H22BrN3O/c1-9(2)10(3)6-16-12-7-17-18(8-11-4-5-11)14(19)13(12)15/h7,9-11,16H,4-6,8H2,1-3H3. The van der Waals surface area contributed by atoms with Crippen LogP contribution in [0.25, 0.3) is 0 Å². The molecule has 0 spiro atoms. The van der Waals surface area contributed by atoms with Crippen LogP contribution in [0.1, 0.15) is 33.6 Å². The Kier molecular flexibility index (Phi) is 4.66. The summed E-state index contributed by atoms with van der Waals surface area (Å²) in [5.41, 5.74) is 0.763. The highest BCUT2D eigenvalue weighted by molar-refractivity contribution is 9.10. The van der Waals surface area contributed by atoms with Gasteiger partial charge < -0.3 is 5.32 Å². The van der Waals surface area contributed by atoms with Crippen LogP contribution in [0.15, 0.2) is 15.5 Å². The summed E-state index contributed by atoms with van der Waals surface area (Å²) in [5.74, 6) is 1.83. The second kappa shape index (κ2) is 6.07. The third-order valence-corrected chi connectivity index (χ3v) is 4.63. The maximum absolute atomic E-state index is 12.1. The molecule has 0 aromatic carbocycles. The molecule has 0 saturated heterocycles. The van der Waals surface area contributed by atoms with Gasteiger partial charge in [0.1, 0.15) is 4.47 Å². The molecule has 0 bridgehead atoms. The number of hydrogen-bond acceptors (Lipinski definition) is 3. The first-order chi connectivity index (χ1) is 8.99. The molecule has 1 fully saturated rings. The molecule has 5 heteroatoms. The van der Waals surface area contributed by atoms with Gasteiger partial charge in [-0.05, 0) is 46.5 Å². The topological polar surface area (TPSA) is 46.9 Å². The third-order valence-electron chi connectivity index (χ3n) is 3.87. The lowest BCUT2D eigenvalue weighted by Gasteiger charge is -2.17. The van der Waals surface area contributed by atoms with Crippen LogP contribution in [0.2, 0.25) is 0 Å². The molecule has 0 aliphatic heterocycles. The van der Waals surface area contributed by atoms with Crippen LogP contribution >= 0.6 is 15.9 Å². The van der Waals surface area contributed by atoms with E-state index in [1.54, 1.807) is 10.9 Å². The predicted octanol–water partition coefficient (Wildman–Crippen LogP) is 3.12. The SMILES string of the molecule is CC(C)C(C)CNc1cnn(CC2CC2)c(=O)c1Br. The number of halogens is 1. The van der Waals surface area contributed by atoms with Crippen molar-refractivity contribution in [3.05, 3.63) is 21.0 Å². The summed E-state index contributed by atoms with van der Waals surface area (Å²) in [6.07, 6.45) is 4.19. The van der Waals surface area contributed by atoms with Gasteiger partial charge in [0.25, 0.3) is 5.56 Å². The first-order valence-electron chi connectivity index (χ1n) is 6.98. The Bertz CT molecular complexity index is 494. The maximum atomic E-state index is 12.1. The van der Waals surface area contributed by atoms with Gasteiger partial charge in [-0.3, -0.25) is 4.79 Å². The van der Waals surface area contributed by atoms with E-state index in [-0.39, 0.29) is 5.56 Å². The fourth-order valence-electron chi connectivity index (χ4n) is 1.77. The molecule has 1 aliphatic rings. The highest BCUT2D eigenvalue weighted by Gasteiger charge is 2.23. The molecule has 2 rings (SSSR count). The van der Waals surface area contributed by atoms with Crippen LogP contribution in [-0.2, 0) is 6.54 Å².